The molecule has 4 aromatic rings. The van der Waals surface area contributed by atoms with Crippen molar-refractivity contribution in [2.45, 2.75) is 48.9 Å². The second kappa shape index (κ2) is 12.3. The molecule has 0 radical (unpaired) electrons. The predicted octanol–water partition coefficient (Wildman–Crippen LogP) is 5.13. The summed E-state index contributed by atoms with van der Waals surface area (Å²) in [5.41, 5.74) is 3.45. The molecule has 1 saturated heterocycles. The number of hydrogen-bond acceptors (Lipinski definition) is 11. The molecule has 0 saturated carbocycles. The molecule has 2 aromatic heterocycles. The van der Waals surface area contributed by atoms with Crippen LogP contribution < -0.4 is 0 Å². The number of fused-ring (bicyclic) bond motifs is 1. The minimum absolute atomic E-state index is 0.152. The standard InChI is InChI=1S/C29H27N5O5S2/c1-16-5-9-18(10-6-16)27(35)37-15-22-21(39-28(36)19-11-7-17(2)8-12-19)13-23(38-22)34-25-24(20(14-30)33-34)26(40-3)32-29(31-25)41-4/h5-12,21-23H,13,15H2,1-4H3. The number of rotatable bonds is 8. The topological polar surface area (TPSA) is 129 Å². The highest BCUT2D eigenvalue weighted by molar-refractivity contribution is 7.99. The fourth-order valence-corrected chi connectivity index (χ4v) is 5.44. The van der Waals surface area contributed by atoms with Crippen LogP contribution in [0.3, 0.4) is 0 Å². The zero-order chi connectivity index (χ0) is 29.1. The highest BCUT2D eigenvalue weighted by Crippen LogP contribution is 2.36. The summed E-state index contributed by atoms with van der Waals surface area (Å²) in [5.74, 6) is -1.03. The number of esters is 2. The molecule has 0 N–H and O–H groups in total. The van der Waals surface area contributed by atoms with E-state index in [9.17, 15) is 14.9 Å². The number of ether oxygens (including phenoxy) is 3. The maximum atomic E-state index is 13.0. The number of thioether (sulfide) groups is 2. The Balaban J connectivity index is 1.44. The van der Waals surface area contributed by atoms with Crippen LogP contribution in [0.4, 0.5) is 0 Å². The molecule has 0 aliphatic carbocycles. The van der Waals surface area contributed by atoms with Gasteiger partial charge in [-0.1, -0.05) is 47.2 Å². The third kappa shape index (κ3) is 6.07. The van der Waals surface area contributed by atoms with Gasteiger partial charge in [-0.15, -0.1) is 11.8 Å². The Kier molecular flexibility index (Phi) is 8.58. The van der Waals surface area contributed by atoms with Crippen LogP contribution in [0.5, 0.6) is 0 Å². The van der Waals surface area contributed by atoms with Crippen molar-refractivity contribution in [3.63, 3.8) is 0 Å². The third-order valence-corrected chi connectivity index (χ3v) is 7.87. The smallest absolute Gasteiger partial charge is 0.338 e. The van der Waals surface area contributed by atoms with Gasteiger partial charge in [0, 0.05) is 6.42 Å². The van der Waals surface area contributed by atoms with E-state index in [1.807, 2.05) is 50.6 Å². The van der Waals surface area contributed by atoms with Gasteiger partial charge in [0.15, 0.2) is 22.7 Å². The van der Waals surface area contributed by atoms with Crippen LogP contribution >= 0.6 is 23.5 Å². The van der Waals surface area contributed by atoms with Crippen LogP contribution in [0, 0.1) is 25.2 Å². The minimum Gasteiger partial charge on any atom is -0.459 e. The summed E-state index contributed by atoms with van der Waals surface area (Å²) >= 11 is 2.77. The zero-order valence-corrected chi connectivity index (χ0v) is 24.5. The molecule has 10 nitrogen and oxygen atoms in total. The summed E-state index contributed by atoms with van der Waals surface area (Å²) in [4.78, 5) is 34.9. The molecule has 0 amide bonds. The summed E-state index contributed by atoms with van der Waals surface area (Å²) in [6.07, 6.45) is 1.66. The first kappa shape index (κ1) is 28.6. The number of carbonyl (C=O) groups excluding carboxylic acids is 2. The van der Waals surface area contributed by atoms with Crippen molar-refractivity contribution in [3.8, 4) is 6.07 Å². The Morgan fingerprint density at radius 3 is 2.22 bits per heavy atom. The van der Waals surface area contributed by atoms with Gasteiger partial charge in [-0.3, -0.25) is 0 Å². The molecule has 0 spiro atoms. The summed E-state index contributed by atoms with van der Waals surface area (Å²) in [5, 5.41) is 16.0. The maximum Gasteiger partial charge on any atom is 0.338 e. The van der Waals surface area contributed by atoms with Crippen LogP contribution in [0.25, 0.3) is 11.0 Å². The van der Waals surface area contributed by atoms with Crippen molar-refractivity contribution in [2.75, 3.05) is 19.1 Å². The maximum absolute atomic E-state index is 13.0. The van der Waals surface area contributed by atoms with Crippen molar-refractivity contribution >= 4 is 46.5 Å². The largest absolute Gasteiger partial charge is 0.459 e. The van der Waals surface area contributed by atoms with Crippen molar-refractivity contribution < 1.29 is 23.8 Å². The van der Waals surface area contributed by atoms with E-state index in [2.05, 4.69) is 21.1 Å². The fraction of sp³-hybridized carbons (Fsp3) is 0.310. The van der Waals surface area contributed by atoms with Crippen molar-refractivity contribution in [2.24, 2.45) is 0 Å². The van der Waals surface area contributed by atoms with Gasteiger partial charge in [0.25, 0.3) is 0 Å². The van der Waals surface area contributed by atoms with Gasteiger partial charge >= 0.3 is 11.9 Å². The number of aryl methyl sites for hydroxylation is 2. The van der Waals surface area contributed by atoms with Gasteiger partial charge in [-0.2, -0.15) is 10.4 Å². The van der Waals surface area contributed by atoms with Gasteiger partial charge in [-0.25, -0.2) is 24.2 Å². The first-order valence-corrected chi connectivity index (χ1v) is 15.2. The second-order valence-electron chi connectivity index (χ2n) is 9.46. The number of nitrogens with zero attached hydrogens (tertiary/aromatic N) is 5. The first-order valence-electron chi connectivity index (χ1n) is 12.8. The molecule has 12 heteroatoms. The van der Waals surface area contributed by atoms with E-state index in [0.717, 1.165) is 11.1 Å². The molecule has 2 aromatic carbocycles. The van der Waals surface area contributed by atoms with Gasteiger partial charge in [0.1, 0.15) is 29.9 Å². The van der Waals surface area contributed by atoms with E-state index < -0.39 is 30.4 Å². The molecular weight excluding hydrogens is 562 g/mol. The highest BCUT2D eigenvalue weighted by Gasteiger charge is 2.41. The highest BCUT2D eigenvalue weighted by atomic mass is 32.2. The number of nitriles is 1. The Bertz CT molecular complexity index is 1630. The van der Waals surface area contributed by atoms with Crippen LogP contribution in [-0.4, -0.2) is 63.0 Å². The van der Waals surface area contributed by atoms with E-state index in [1.54, 1.807) is 24.3 Å². The quantitative estimate of drug-likeness (QED) is 0.117. The number of aromatic nitrogens is 4. The van der Waals surface area contributed by atoms with E-state index >= 15 is 0 Å². The number of hydrogen-bond donors (Lipinski definition) is 0. The fourth-order valence-electron chi connectivity index (χ4n) is 4.46. The van der Waals surface area contributed by atoms with E-state index in [0.29, 0.717) is 32.3 Å². The molecule has 210 valence electrons. The van der Waals surface area contributed by atoms with Crippen LogP contribution in [-0.2, 0) is 14.2 Å². The lowest BCUT2D eigenvalue weighted by Gasteiger charge is -2.19. The summed E-state index contributed by atoms with van der Waals surface area (Å²) in [6.45, 7) is 3.71. The van der Waals surface area contributed by atoms with E-state index in [-0.39, 0.29) is 18.7 Å². The molecular formula is C29H27N5O5S2. The Morgan fingerprint density at radius 2 is 1.63 bits per heavy atom. The Morgan fingerprint density at radius 1 is 1.00 bits per heavy atom. The molecule has 3 heterocycles. The van der Waals surface area contributed by atoms with Gasteiger partial charge in [0.2, 0.25) is 0 Å². The molecule has 0 bridgehead atoms. The van der Waals surface area contributed by atoms with Crippen molar-refractivity contribution in [1.29, 1.82) is 5.26 Å². The van der Waals surface area contributed by atoms with Crippen LogP contribution in [0.2, 0.25) is 0 Å². The molecule has 3 unspecified atom stereocenters. The van der Waals surface area contributed by atoms with Gasteiger partial charge < -0.3 is 14.2 Å². The number of carbonyl (C=O) groups is 2. The van der Waals surface area contributed by atoms with Crippen LogP contribution in [0.15, 0.2) is 58.7 Å². The SMILES string of the molecule is CSc1nc(SC)c2c(C#N)nn(C3CC(OC(=O)c4ccc(C)cc4)C(COC(=O)c4ccc(C)cc4)O3)c2n1. The lowest BCUT2D eigenvalue weighted by atomic mass is 10.1. The Labute approximate surface area is 245 Å². The van der Waals surface area contributed by atoms with Crippen LogP contribution in [0.1, 0.15) is 50.2 Å². The molecule has 41 heavy (non-hydrogen) atoms. The second-order valence-corrected chi connectivity index (χ2v) is 11.0. The third-order valence-electron chi connectivity index (χ3n) is 6.64. The summed E-state index contributed by atoms with van der Waals surface area (Å²) in [7, 11) is 0. The van der Waals surface area contributed by atoms with E-state index in [4.69, 9.17) is 14.2 Å². The van der Waals surface area contributed by atoms with E-state index in [1.165, 1.54) is 28.2 Å². The minimum atomic E-state index is -0.782. The lowest BCUT2D eigenvalue weighted by molar-refractivity contribution is -0.0590. The molecule has 5 rings (SSSR count). The zero-order valence-electron chi connectivity index (χ0n) is 22.9. The van der Waals surface area contributed by atoms with Crippen molar-refractivity contribution in [1.82, 2.24) is 19.7 Å². The normalized spacial score (nSPS) is 18.3. The molecule has 1 aliphatic rings. The summed E-state index contributed by atoms with van der Waals surface area (Å²) in [6, 6.07) is 16.2. The summed E-state index contributed by atoms with van der Waals surface area (Å²) < 4.78 is 19.3. The molecule has 3 atom stereocenters. The average Bonchev–Trinajstić information content (AvgIpc) is 3.56. The van der Waals surface area contributed by atoms with Gasteiger partial charge in [0.05, 0.1) is 16.5 Å². The monoisotopic (exact) mass is 589 g/mol. The molecule has 1 fully saturated rings. The predicted molar refractivity (Wildman–Crippen MR) is 154 cm³/mol. The lowest BCUT2D eigenvalue weighted by Crippen LogP contribution is -2.32. The average molecular weight is 590 g/mol. The first-order chi connectivity index (χ1) is 19.8. The Hall–Kier alpha value is -3.92. The van der Waals surface area contributed by atoms with Gasteiger partial charge in [-0.05, 0) is 50.6 Å². The van der Waals surface area contributed by atoms with Crippen molar-refractivity contribution in [3.05, 3.63) is 76.5 Å². The number of benzene rings is 2. The molecule has 1 aliphatic heterocycles.